The molecule has 0 aliphatic rings. The van der Waals surface area contributed by atoms with Crippen molar-refractivity contribution in [3.05, 3.63) is 76.9 Å². The predicted molar refractivity (Wildman–Crippen MR) is 99.3 cm³/mol. The van der Waals surface area contributed by atoms with Gasteiger partial charge in [-0.3, -0.25) is 4.79 Å². The molecule has 0 unspecified atom stereocenters. The van der Waals surface area contributed by atoms with Crippen LogP contribution in [-0.2, 0) is 24.1 Å². The van der Waals surface area contributed by atoms with E-state index in [1.165, 1.54) is 0 Å². The molecule has 1 N–H and O–H groups in total. The summed E-state index contributed by atoms with van der Waals surface area (Å²) in [6.45, 7) is 2.92. The molecule has 0 spiro atoms. The maximum atomic E-state index is 13.6. The fourth-order valence-corrected chi connectivity index (χ4v) is 2.69. The molecule has 158 valence electrons. The Morgan fingerprint density at radius 1 is 1.07 bits per heavy atom. The second-order valence-corrected chi connectivity index (χ2v) is 6.31. The zero-order chi connectivity index (χ0) is 21.7. The topological polar surface area (TPSA) is 69.0 Å². The van der Waals surface area contributed by atoms with Crippen LogP contribution in [0.25, 0.3) is 5.69 Å². The maximum Gasteiger partial charge on any atom is 0.435 e. The minimum atomic E-state index is -4.90. The van der Waals surface area contributed by atoms with Crippen LogP contribution in [-0.4, -0.2) is 27.5 Å². The van der Waals surface area contributed by atoms with Crippen LogP contribution in [0, 0.1) is 5.82 Å². The first-order valence-electron chi connectivity index (χ1n) is 9.02. The van der Waals surface area contributed by atoms with E-state index >= 15 is 0 Å². The van der Waals surface area contributed by atoms with E-state index in [0.717, 1.165) is 29.8 Å². The fourth-order valence-electron chi connectivity index (χ4n) is 2.69. The number of halogens is 4. The summed E-state index contributed by atoms with van der Waals surface area (Å²) < 4.78 is 59.7. The van der Waals surface area contributed by atoms with Crippen LogP contribution in [0.1, 0.15) is 34.2 Å². The van der Waals surface area contributed by atoms with Crippen molar-refractivity contribution in [3.63, 3.8) is 0 Å². The van der Waals surface area contributed by atoms with Crippen molar-refractivity contribution in [2.24, 2.45) is 0 Å². The molecule has 0 saturated heterocycles. The molecule has 1 aromatic heterocycles. The molecule has 10 heteroatoms. The Hall–Kier alpha value is -3.27. The molecule has 1 heterocycles. The maximum absolute atomic E-state index is 13.6. The van der Waals surface area contributed by atoms with E-state index in [1.54, 1.807) is 12.1 Å². The number of hydrogen-bond donors (Lipinski definition) is 1. The first kappa shape index (κ1) is 21.4. The number of rotatable bonds is 7. The Morgan fingerprint density at radius 2 is 1.70 bits per heavy atom. The average Bonchev–Trinajstić information content (AvgIpc) is 3.17. The summed E-state index contributed by atoms with van der Waals surface area (Å²) in [5, 5.41) is 9.28. The van der Waals surface area contributed by atoms with E-state index in [9.17, 15) is 22.4 Å². The lowest BCUT2D eigenvalue weighted by molar-refractivity contribution is -0.143. The number of aromatic nitrogens is 3. The zero-order valence-corrected chi connectivity index (χ0v) is 15.9. The minimum Gasteiger partial charge on any atom is -0.377 e. The normalized spacial score (nSPS) is 11.5. The van der Waals surface area contributed by atoms with Gasteiger partial charge in [0, 0.05) is 13.2 Å². The number of carbonyl (C=O) groups is 1. The summed E-state index contributed by atoms with van der Waals surface area (Å²) in [6.07, 6.45) is -4.90. The number of amides is 1. The summed E-state index contributed by atoms with van der Waals surface area (Å²) in [7, 11) is 0. The summed E-state index contributed by atoms with van der Waals surface area (Å²) in [4.78, 5) is 12.4. The summed E-state index contributed by atoms with van der Waals surface area (Å²) >= 11 is 0. The second kappa shape index (κ2) is 9.04. The van der Waals surface area contributed by atoms with Gasteiger partial charge in [-0.05, 0) is 42.3 Å². The zero-order valence-electron chi connectivity index (χ0n) is 15.9. The first-order valence-corrected chi connectivity index (χ1v) is 9.02. The number of alkyl halides is 3. The lowest BCUT2D eigenvalue weighted by Gasteiger charge is -2.11. The Kier molecular flexibility index (Phi) is 6.46. The average molecular weight is 422 g/mol. The number of benzene rings is 2. The van der Waals surface area contributed by atoms with Crippen LogP contribution >= 0.6 is 0 Å². The summed E-state index contributed by atoms with van der Waals surface area (Å²) in [5.41, 5.74) is -0.629. The molecule has 0 aliphatic carbocycles. The predicted octanol–water partition coefficient (Wildman–Crippen LogP) is 3.89. The Balaban J connectivity index is 1.78. The van der Waals surface area contributed by atoms with Gasteiger partial charge in [0.15, 0.2) is 11.4 Å². The van der Waals surface area contributed by atoms with E-state index in [4.69, 9.17) is 4.74 Å². The monoisotopic (exact) mass is 422 g/mol. The molecule has 2 aromatic carbocycles. The van der Waals surface area contributed by atoms with E-state index in [1.807, 2.05) is 19.1 Å². The molecule has 0 aliphatic heterocycles. The van der Waals surface area contributed by atoms with Crippen LogP contribution in [0.2, 0.25) is 0 Å². The van der Waals surface area contributed by atoms with E-state index in [-0.39, 0.29) is 12.2 Å². The third kappa shape index (κ3) is 5.01. The minimum absolute atomic E-state index is 0.00839. The van der Waals surface area contributed by atoms with Crippen molar-refractivity contribution in [3.8, 4) is 5.69 Å². The quantitative estimate of drug-likeness (QED) is 0.587. The van der Waals surface area contributed by atoms with Gasteiger partial charge in [0.2, 0.25) is 0 Å². The van der Waals surface area contributed by atoms with E-state index in [0.29, 0.717) is 23.5 Å². The van der Waals surface area contributed by atoms with E-state index in [2.05, 4.69) is 15.6 Å². The van der Waals surface area contributed by atoms with E-state index < -0.39 is 29.3 Å². The Morgan fingerprint density at radius 3 is 2.30 bits per heavy atom. The van der Waals surface area contributed by atoms with Gasteiger partial charge in [-0.25, -0.2) is 9.07 Å². The van der Waals surface area contributed by atoms with Gasteiger partial charge in [0.1, 0.15) is 5.82 Å². The fraction of sp³-hybridized carbons (Fsp3) is 0.250. The molecule has 0 atom stereocenters. The van der Waals surface area contributed by atoms with Crippen LogP contribution in [0.3, 0.4) is 0 Å². The number of ether oxygens (including phenoxy) is 1. The van der Waals surface area contributed by atoms with Crippen molar-refractivity contribution in [2.75, 3.05) is 6.61 Å². The molecule has 0 fully saturated rings. The molecular weight excluding hydrogens is 404 g/mol. The van der Waals surface area contributed by atoms with Crippen molar-refractivity contribution < 1.29 is 27.1 Å². The smallest absolute Gasteiger partial charge is 0.377 e. The highest BCUT2D eigenvalue weighted by molar-refractivity contribution is 5.93. The summed E-state index contributed by atoms with van der Waals surface area (Å²) in [5.74, 6) is -1.63. The third-order valence-electron chi connectivity index (χ3n) is 4.17. The lowest BCUT2D eigenvalue weighted by Crippen LogP contribution is -2.27. The van der Waals surface area contributed by atoms with Gasteiger partial charge in [-0.15, -0.1) is 5.10 Å². The standard InChI is InChI=1S/C20H18F4N4O2/c1-2-30-12-14-5-3-13(4-6-14)11-25-19(29)17-18(20(22,23)24)28(27-26-17)16-9-7-15(21)8-10-16/h3-10H,2,11-12H2,1H3,(H,25,29). The van der Waals surface area contributed by atoms with Crippen molar-refractivity contribution in [2.45, 2.75) is 26.3 Å². The third-order valence-corrected chi connectivity index (χ3v) is 4.17. The number of carbonyl (C=O) groups excluding carboxylic acids is 1. The Bertz CT molecular complexity index is 999. The lowest BCUT2D eigenvalue weighted by atomic mass is 10.1. The second-order valence-electron chi connectivity index (χ2n) is 6.31. The molecule has 3 rings (SSSR count). The van der Waals surface area contributed by atoms with Crippen molar-refractivity contribution >= 4 is 5.91 Å². The highest BCUT2D eigenvalue weighted by atomic mass is 19.4. The van der Waals surface area contributed by atoms with Gasteiger partial charge in [-0.2, -0.15) is 13.2 Å². The van der Waals surface area contributed by atoms with Gasteiger partial charge in [0.05, 0.1) is 12.3 Å². The molecule has 6 nitrogen and oxygen atoms in total. The molecular formula is C20H18F4N4O2. The van der Waals surface area contributed by atoms with Crippen LogP contribution < -0.4 is 5.32 Å². The van der Waals surface area contributed by atoms with Crippen LogP contribution in [0.5, 0.6) is 0 Å². The molecule has 3 aromatic rings. The first-order chi connectivity index (χ1) is 14.3. The number of nitrogens with one attached hydrogen (secondary N) is 1. The molecule has 0 saturated carbocycles. The largest absolute Gasteiger partial charge is 0.435 e. The van der Waals surface area contributed by atoms with Crippen LogP contribution in [0.15, 0.2) is 48.5 Å². The highest BCUT2D eigenvalue weighted by Crippen LogP contribution is 2.32. The van der Waals surface area contributed by atoms with Gasteiger partial charge < -0.3 is 10.1 Å². The summed E-state index contributed by atoms with van der Waals surface area (Å²) in [6, 6.07) is 11.3. The molecule has 0 radical (unpaired) electrons. The molecule has 0 bridgehead atoms. The number of hydrogen-bond acceptors (Lipinski definition) is 4. The highest BCUT2D eigenvalue weighted by Gasteiger charge is 2.42. The number of nitrogens with zero attached hydrogens (tertiary/aromatic N) is 3. The van der Waals surface area contributed by atoms with Crippen molar-refractivity contribution in [1.29, 1.82) is 0 Å². The van der Waals surface area contributed by atoms with Crippen molar-refractivity contribution in [1.82, 2.24) is 20.3 Å². The molecule has 30 heavy (non-hydrogen) atoms. The SMILES string of the molecule is CCOCc1ccc(CNC(=O)c2nnn(-c3ccc(F)cc3)c2C(F)(F)F)cc1. The van der Waals surface area contributed by atoms with Gasteiger partial charge in [0.25, 0.3) is 5.91 Å². The van der Waals surface area contributed by atoms with Gasteiger partial charge >= 0.3 is 6.18 Å². The van der Waals surface area contributed by atoms with Gasteiger partial charge in [-0.1, -0.05) is 29.5 Å². The van der Waals surface area contributed by atoms with Crippen LogP contribution in [0.4, 0.5) is 17.6 Å². The molecule has 1 amide bonds. The Labute approximate surface area is 169 Å².